The van der Waals surface area contributed by atoms with Crippen molar-refractivity contribution < 1.29 is 14.2 Å². The lowest BCUT2D eigenvalue weighted by atomic mass is 10.0. The van der Waals surface area contributed by atoms with E-state index in [-0.39, 0.29) is 0 Å². The molecule has 0 amide bonds. The molecular weight excluding hydrogens is 216 g/mol. The first-order valence-corrected chi connectivity index (χ1v) is 5.74. The SMILES string of the molecule is C=C(CC)c1cc(OC)c(OCC)c(OC)c1. The zero-order chi connectivity index (χ0) is 12.8. The Morgan fingerprint density at radius 2 is 1.65 bits per heavy atom. The van der Waals surface area contributed by atoms with E-state index in [1.165, 1.54) is 0 Å². The Kier molecular flexibility index (Phi) is 4.88. The molecule has 0 N–H and O–H groups in total. The fraction of sp³-hybridized carbons (Fsp3) is 0.429. The molecule has 1 aromatic carbocycles. The summed E-state index contributed by atoms with van der Waals surface area (Å²) >= 11 is 0. The average molecular weight is 236 g/mol. The Hall–Kier alpha value is -1.64. The second-order valence-electron chi connectivity index (χ2n) is 3.60. The highest BCUT2D eigenvalue weighted by molar-refractivity contribution is 5.69. The van der Waals surface area contributed by atoms with Gasteiger partial charge in [0, 0.05) is 0 Å². The maximum Gasteiger partial charge on any atom is 0.203 e. The van der Waals surface area contributed by atoms with Gasteiger partial charge in [-0.25, -0.2) is 0 Å². The van der Waals surface area contributed by atoms with E-state index < -0.39 is 0 Å². The highest BCUT2D eigenvalue weighted by atomic mass is 16.5. The minimum Gasteiger partial charge on any atom is -0.493 e. The fourth-order valence-electron chi connectivity index (χ4n) is 1.57. The Morgan fingerprint density at radius 3 is 2.00 bits per heavy atom. The number of allylic oxidation sites excluding steroid dienone is 1. The number of rotatable bonds is 6. The van der Waals surface area contributed by atoms with Crippen molar-refractivity contribution in [1.29, 1.82) is 0 Å². The topological polar surface area (TPSA) is 27.7 Å². The molecule has 0 saturated carbocycles. The third-order valence-corrected chi connectivity index (χ3v) is 2.58. The fourth-order valence-corrected chi connectivity index (χ4v) is 1.57. The van der Waals surface area contributed by atoms with Crippen LogP contribution >= 0.6 is 0 Å². The summed E-state index contributed by atoms with van der Waals surface area (Å²) < 4.78 is 16.2. The minimum atomic E-state index is 0.570. The second-order valence-corrected chi connectivity index (χ2v) is 3.60. The van der Waals surface area contributed by atoms with Gasteiger partial charge >= 0.3 is 0 Å². The third-order valence-electron chi connectivity index (χ3n) is 2.58. The normalized spacial score (nSPS) is 9.88. The van der Waals surface area contributed by atoms with Gasteiger partial charge in [0.05, 0.1) is 20.8 Å². The number of methoxy groups -OCH3 is 2. The molecule has 0 saturated heterocycles. The molecule has 94 valence electrons. The summed E-state index contributed by atoms with van der Waals surface area (Å²) in [4.78, 5) is 0. The van der Waals surface area contributed by atoms with Crippen molar-refractivity contribution in [3.63, 3.8) is 0 Å². The average Bonchev–Trinajstić information content (AvgIpc) is 2.38. The van der Waals surface area contributed by atoms with E-state index >= 15 is 0 Å². The quantitative estimate of drug-likeness (QED) is 0.756. The molecule has 17 heavy (non-hydrogen) atoms. The molecule has 0 aliphatic heterocycles. The lowest BCUT2D eigenvalue weighted by Crippen LogP contribution is -1.99. The highest BCUT2D eigenvalue weighted by Gasteiger charge is 2.14. The van der Waals surface area contributed by atoms with Gasteiger partial charge in [-0.2, -0.15) is 0 Å². The standard InChI is InChI=1S/C14H20O3/c1-6-10(3)11-8-12(15-4)14(17-7-2)13(9-11)16-5/h8-9H,3,6-7H2,1-2,4-5H3. The van der Waals surface area contributed by atoms with Gasteiger partial charge in [-0.1, -0.05) is 13.5 Å². The van der Waals surface area contributed by atoms with Gasteiger partial charge in [0.15, 0.2) is 11.5 Å². The van der Waals surface area contributed by atoms with Gasteiger partial charge in [0.1, 0.15) is 0 Å². The summed E-state index contributed by atoms with van der Waals surface area (Å²) in [5, 5.41) is 0. The zero-order valence-corrected chi connectivity index (χ0v) is 11.0. The van der Waals surface area contributed by atoms with Crippen LogP contribution in [-0.2, 0) is 0 Å². The molecule has 3 nitrogen and oxygen atoms in total. The molecule has 1 rings (SSSR count). The van der Waals surface area contributed by atoms with Crippen molar-refractivity contribution in [2.45, 2.75) is 20.3 Å². The lowest BCUT2D eigenvalue weighted by Gasteiger charge is -2.15. The zero-order valence-electron chi connectivity index (χ0n) is 11.0. The van der Waals surface area contributed by atoms with Crippen molar-refractivity contribution in [2.75, 3.05) is 20.8 Å². The predicted molar refractivity (Wildman–Crippen MR) is 70.0 cm³/mol. The monoisotopic (exact) mass is 236 g/mol. The van der Waals surface area contributed by atoms with Crippen molar-refractivity contribution in [2.24, 2.45) is 0 Å². The summed E-state index contributed by atoms with van der Waals surface area (Å²) in [6.07, 6.45) is 0.889. The molecule has 3 heteroatoms. The van der Waals surface area contributed by atoms with Gasteiger partial charge in [-0.15, -0.1) is 0 Å². The Bertz CT molecular complexity index is 371. The number of hydrogen-bond donors (Lipinski definition) is 0. The van der Waals surface area contributed by atoms with Gasteiger partial charge in [-0.3, -0.25) is 0 Å². The van der Waals surface area contributed by atoms with E-state index in [1.807, 2.05) is 19.1 Å². The van der Waals surface area contributed by atoms with Crippen molar-refractivity contribution >= 4 is 5.57 Å². The van der Waals surface area contributed by atoms with Crippen molar-refractivity contribution in [3.8, 4) is 17.2 Å². The molecule has 0 fully saturated rings. The summed E-state index contributed by atoms with van der Waals surface area (Å²) in [6.45, 7) is 8.58. The van der Waals surface area contributed by atoms with E-state index in [4.69, 9.17) is 14.2 Å². The number of hydrogen-bond acceptors (Lipinski definition) is 3. The Labute approximate surface area is 103 Å². The summed E-state index contributed by atoms with van der Waals surface area (Å²) in [5.74, 6) is 2.00. The largest absolute Gasteiger partial charge is 0.493 e. The van der Waals surface area contributed by atoms with E-state index in [2.05, 4.69) is 13.5 Å². The van der Waals surface area contributed by atoms with E-state index in [9.17, 15) is 0 Å². The van der Waals surface area contributed by atoms with E-state index in [0.717, 1.165) is 17.6 Å². The molecule has 0 radical (unpaired) electrons. The summed E-state index contributed by atoms with van der Waals surface area (Å²) in [5.41, 5.74) is 2.06. The van der Waals surface area contributed by atoms with Gasteiger partial charge in [-0.05, 0) is 36.6 Å². The van der Waals surface area contributed by atoms with Crippen LogP contribution in [0.25, 0.3) is 5.57 Å². The molecule has 0 aromatic heterocycles. The van der Waals surface area contributed by atoms with Crippen LogP contribution in [0.4, 0.5) is 0 Å². The molecule has 0 atom stereocenters. The second kappa shape index (κ2) is 6.18. The molecular formula is C14H20O3. The first kappa shape index (κ1) is 13.4. The number of ether oxygens (including phenoxy) is 3. The first-order valence-electron chi connectivity index (χ1n) is 5.74. The van der Waals surface area contributed by atoms with Crippen LogP contribution in [0, 0.1) is 0 Å². The van der Waals surface area contributed by atoms with E-state index in [0.29, 0.717) is 23.9 Å². The van der Waals surface area contributed by atoms with Crippen LogP contribution in [0.1, 0.15) is 25.8 Å². The molecule has 0 unspecified atom stereocenters. The smallest absolute Gasteiger partial charge is 0.203 e. The van der Waals surface area contributed by atoms with Gasteiger partial charge < -0.3 is 14.2 Å². The molecule has 0 aliphatic rings. The number of benzene rings is 1. The van der Waals surface area contributed by atoms with Crippen LogP contribution in [0.5, 0.6) is 17.2 Å². The van der Waals surface area contributed by atoms with Crippen LogP contribution < -0.4 is 14.2 Å². The third kappa shape index (κ3) is 2.93. The Morgan fingerprint density at radius 1 is 1.12 bits per heavy atom. The van der Waals surface area contributed by atoms with Crippen molar-refractivity contribution in [3.05, 3.63) is 24.3 Å². The van der Waals surface area contributed by atoms with Crippen LogP contribution in [0.15, 0.2) is 18.7 Å². The molecule has 0 heterocycles. The predicted octanol–water partition coefficient (Wildman–Crippen LogP) is 3.53. The Balaban J connectivity index is 3.28. The van der Waals surface area contributed by atoms with Gasteiger partial charge in [0.25, 0.3) is 0 Å². The molecule has 0 aliphatic carbocycles. The maximum absolute atomic E-state index is 5.54. The van der Waals surface area contributed by atoms with Crippen LogP contribution in [0.2, 0.25) is 0 Å². The highest BCUT2D eigenvalue weighted by Crippen LogP contribution is 2.40. The summed E-state index contributed by atoms with van der Waals surface area (Å²) in [6, 6.07) is 3.86. The van der Waals surface area contributed by atoms with E-state index in [1.54, 1.807) is 14.2 Å². The maximum atomic E-state index is 5.54. The van der Waals surface area contributed by atoms with Crippen molar-refractivity contribution in [1.82, 2.24) is 0 Å². The van der Waals surface area contributed by atoms with Crippen LogP contribution in [0.3, 0.4) is 0 Å². The molecule has 0 bridgehead atoms. The van der Waals surface area contributed by atoms with Gasteiger partial charge in [0.2, 0.25) is 5.75 Å². The minimum absolute atomic E-state index is 0.570. The molecule has 0 spiro atoms. The summed E-state index contributed by atoms with van der Waals surface area (Å²) in [7, 11) is 3.24. The molecule has 1 aromatic rings. The lowest BCUT2D eigenvalue weighted by molar-refractivity contribution is 0.288. The van der Waals surface area contributed by atoms with Crippen LogP contribution in [-0.4, -0.2) is 20.8 Å². The first-order chi connectivity index (χ1) is 8.17.